The van der Waals surface area contributed by atoms with Crippen molar-refractivity contribution >= 4 is 0 Å². The zero-order chi connectivity index (χ0) is 10.5. The molecule has 1 aromatic carbocycles. The zero-order valence-corrected chi connectivity index (χ0v) is 8.39. The van der Waals surface area contributed by atoms with E-state index in [-0.39, 0.29) is 6.61 Å². The van der Waals surface area contributed by atoms with E-state index in [1.807, 2.05) is 30.3 Å². The number of benzene rings is 1. The van der Waals surface area contributed by atoms with Gasteiger partial charge in [-0.2, -0.15) is 0 Å². The van der Waals surface area contributed by atoms with Crippen LogP contribution < -0.4 is 0 Å². The smallest absolute Gasteiger partial charge is 0.194 e. The lowest BCUT2D eigenvalue weighted by Crippen LogP contribution is -1.88. The van der Waals surface area contributed by atoms with Crippen LogP contribution in [0.1, 0.15) is 12.3 Å². The topological polar surface area (TPSA) is 46.3 Å². The van der Waals surface area contributed by atoms with E-state index in [1.54, 1.807) is 6.20 Å². The Morgan fingerprint density at radius 1 is 1.20 bits per heavy atom. The van der Waals surface area contributed by atoms with Gasteiger partial charge in [0, 0.05) is 18.6 Å². The maximum absolute atomic E-state index is 8.68. The summed E-state index contributed by atoms with van der Waals surface area (Å²) in [6, 6.07) is 9.86. The molecular weight excluding hydrogens is 190 g/mol. The number of aliphatic hydroxyl groups is 1. The predicted octanol–water partition coefficient (Wildman–Crippen LogP) is 2.27. The minimum absolute atomic E-state index is 0.170. The second kappa shape index (κ2) is 4.75. The van der Waals surface area contributed by atoms with Gasteiger partial charge in [0.25, 0.3) is 0 Å². The molecule has 15 heavy (non-hydrogen) atoms. The van der Waals surface area contributed by atoms with E-state index >= 15 is 0 Å². The molecule has 1 heterocycles. The predicted molar refractivity (Wildman–Crippen MR) is 57.3 cm³/mol. The Morgan fingerprint density at radius 2 is 2.00 bits per heavy atom. The highest BCUT2D eigenvalue weighted by Crippen LogP contribution is 2.19. The maximum Gasteiger partial charge on any atom is 0.194 e. The molecule has 78 valence electrons. The monoisotopic (exact) mass is 203 g/mol. The summed E-state index contributed by atoms with van der Waals surface area (Å²) < 4.78 is 5.55. The third kappa shape index (κ3) is 2.44. The summed E-state index contributed by atoms with van der Waals surface area (Å²) in [5.41, 5.74) is 1.03. The molecule has 0 amide bonds. The van der Waals surface area contributed by atoms with Crippen molar-refractivity contribution in [1.82, 2.24) is 4.98 Å². The first-order valence-corrected chi connectivity index (χ1v) is 5.01. The van der Waals surface area contributed by atoms with Gasteiger partial charge >= 0.3 is 0 Å². The number of oxazole rings is 1. The molecule has 0 radical (unpaired) electrons. The highest BCUT2D eigenvalue weighted by molar-refractivity contribution is 5.55. The number of nitrogens with zero attached hydrogens (tertiary/aromatic N) is 1. The maximum atomic E-state index is 8.68. The molecule has 3 heteroatoms. The minimum atomic E-state index is 0.170. The summed E-state index contributed by atoms with van der Waals surface area (Å²) >= 11 is 0. The molecule has 0 aliphatic rings. The van der Waals surface area contributed by atoms with Crippen LogP contribution in [0.5, 0.6) is 0 Å². The normalized spacial score (nSPS) is 10.5. The molecule has 0 aliphatic heterocycles. The fraction of sp³-hybridized carbons (Fsp3) is 0.250. The Kier molecular flexibility index (Phi) is 3.15. The molecule has 1 aromatic heterocycles. The van der Waals surface area contributed by atoms with Crippen molar-refractivity contribution in [2.75, 3.05) is 6.61 Å². The number of aliphatic hydroxyl groups excluding tert-OH is 1. The van der Waals surface area contributed by atoms with Crippen LogP contribution in [-0.2, 0) is 6.42 Å². The van der Waals surface area contributed by atoms with Gasteiger partial charge in [-0.1, -0.05) is 30.3 Å². The Morgan fingerprint density at radius 3 is 2.73 bits per heavy atom. The number of rotatable bonds is 4. The van der Waals surface area contributed by atoms with Crippen LogP contribution in [0.25, 0.3) is 11.3 Å². The van der Waals surface area contributed by atoms with Gasteiger partial charge in [0.2, 0.25) is 0 Å². The Bertz CT molecular complexity index is 409. The largest absolute Gasteiger partial charge is 0.441 e. The number of aromatic nitrogens is 1. The second-order valence-corrected chi connectivity index (χ2v) is 3.31. The van der Waals surface area contributed by atoms with E-state index in [9.17, 15) is 0 Å². The van der Waals surface area contributed by atoms with Crippen LogP contribution in [0.15, 0.2) is 40.9 Å². The van der Waals surface area contributed by atoms with E-state index in [1.165, 1.54) is 0 Å². The van der Waals surface area contributed by atoms with Crippen LogP contribution >= 0.6 is 0 Å². The number of aryl methyl sites for hydroxylation is 1. The highest BCUT2D eigenvalue weighted by Gasteiger charge is 2.04. The lowest BCUT2D eigenvalue weighted by atomic mass is 10.2. The molecule has 2 aromatic rings. The molecule has 0 atom stereocenters. The fourth-order valence-electron chi connectivity index (χ4n) is 1.39. The molecule has 0 fully saturated rings. The van der Waals surface area contributed by atoms with E-state index in [0.717, 1.165) is 11.3 Å². The molecule has 0 saturated heterocycles. The van der Waals surface area contributed by atoms with Crippen molar-refractivity contribution in [3.63, 3.8) is 0 Å². The molecule has 0 unspecified atom stereocenters. The molecule has 0 spiro atoms. The second-order valence-electron chi connectivity index (χ2n) is 3.31. The quantitative estimate of drug-likeness (QED) is 0.829. The molecule has 0 saturated carbocycles. The van der Waals surface area contributed by atoms with E-state index < -0.39 is 0 Å². The van der Waals surface area contributed by atoms with Crippen molar-refractivity contribution in [3.05, 3.63) is 42.4 Å². The molecule has 0 aliphatic carbocycles. The van der Waals surface area contributed by atoms with E-state index in [0.29, 0.717) is 18.7 Å². The van der Waals surface area contributed by atoms with Gasteiger partial charge in [0.15, 0.2) is 11.7 Å². The van der Waals surface area contributed by atoms with Crippen LogP contribution in [0, 0.1) is 0 Å². The first-order chi connectivity index (χ1) is 7.40. The summed E-state index contributed by atoms with van der Waals surface area (Å²) in [6.45, 7) is 0.170. The number of hydrogen-bond donors (Lipinski definition) is 1. The van der Waals surface area contributed by atoms with Gasteiger partial charge in [0.1, 0.15) is 0 Å². The Labute approximate surface area is 88.4 Å². The highest BCUT2D eigenvalue weighted by atomic mass is 16.4. The van der Waals surface area contributed by atoms with Gasteiger partial charge in [-0.25, -0.2) is 4.98 Å². The van der Waals surface area contributed by atoms with Crippen LogP contribution in [-0.4, -0.2) is 16.7 Å². The first-order valence-electron chi connectivity index (χ1n) is 5.01. The lowest BCUT2D eigenvalue weighted by Gasteiger charge is -1.94. The van der Waals surface area contributed by atoms with Crippen molar-refractivity contribution < 1.29 is 9.52 Å². The minimum Gasteiger partial charge on any atom is -0.441 e. The van der Waals surface area contributed by atoms with Crippen molar-refractivity contribution in [2.45, 2.75) is 12.8 Å². The van der Waals surface area contributed by atoms with E-state index in [2.05, 4.69) is 4.98 Å². The van der Waals surface area contributed by atoms with Gasteiger partial charge < -0.3 is 9.52 Å². The third-order valence-electron chi connectivity index (χ3n) is 2.16. The van der Waals surface area contributed by atoms with Gasteiger partial charge in [0.05, 0.1) is 6.20 Å². The summed E-state index contributed by atoms with van der Waals surface area (Å²) in [4.78, 5) is 4.15. The molecular formula is C12H13NO2. The summed E-state index contributed by atoms with van der Waals surface area (Å²) in [7, 11) is 0. The SMILES string of the molecule is OCCCc1ncc(-c2ccccc2)o1. The summed E-state index contributed by atoms with van der Waals surface area (Å²) in [5.74, 6) is 1.46. The summed E-state index contributed by atoms with van der Waals surface area (Å²) in [6.07, 6.45) is 3.10. The van der Waals surface area contributed by atoms with Crippen LogP contribution in [0.3, 0.4) is 0 Å². The van der Waals surface area contributed by atoms with Gasteiger partial charge in [-0.3, -0.25) is 0 Å². The summed E-state index contributed by atoms with van der Waals surface area (Å²) in [5, 5.41) is 8.68. The Hall–Kier alpha value is -1.61. The lowest BCUT2D eigenvalue weighted by molar-refractivity contribution is 0.283. The first kappa shape index (κ1) is 9.93. The van der Waals surface area contributed by atoms with Crippen molar-refractivity contribution in [1.29, 1.82) is 0 Å². The molecule has 0 bridgehead atoms. The van der Waals surface area contributed by atoms with Crippen LogP contribution in [0.4, 0.5) is 0 Å². The molecule has 1 N–H and O–H groups in total. The van der Waals surface area contributed by atoms with Crippen molar-refractivity contribution in [3.8, 4) is 11.3 Å². The van der Waals surface area contributed by atoms with Crippen LogP contribution in [0.2, 0.25) is 0 Å². The Balaban J connectivity index is 2.14. The van der Waals surface area contributed by atoms with Gasteiger partial charge in [-0.05, 0) is 6.42 Å². The molecule has 3 nitrogen and oxygen atoms in total. The number of hydrogen-bond acceptors (Lipinski definition) is 3. The third-order valence-corrected chi connectivity index (χ3v) is 2.16. The average molecular weight is 203 g/mol. The van der Waals surface area contributed by atoms with Gasteiger partial charge in [-0.15, -0.1) is 0 Å². The van der Waals surface area contributed by atoms with Crippen molar-refractivity contribution in [2.24, 2.45) is 0 Å². The fourth-order valence-corrected chi connectivity index (χ4v) is 1.39. The molecule has 2 rings (SSSR count). The zero-order valence-electron chi connectivity index (χ0n) is 8.39. The average Bonchev–Trinajstić information content (AvgIpc) is 2.76. The van der Waals surface area contributed by atoms with E-state index in [4.69, 9.17) is 9.52 Å². The standard InChI is InChI=1S/C12H13NO2/c14-8-4-7-12-13-9-11(15-12)10-5-2-1-3-6-10/h1-3,5-6,9,14H,4,7-8H2.